The lowest BCUT2D eigenvalue weighted by atomic mass is 10.2. The highest BCUT2D eigenvalue weighted by Crippen LogP contribution is 2.17. The van der Waals surface area contributed by atoms with E-state index in [1.807, 2.05) is 37.3 Å². The van der Waals surface area contributed by atoms with Crippen molar-refractivity contribution in [3.05, 3.63) is 60.2 Å². The molecule has 4 nitrogen and oxygen atoms in total. The molecule has 108 valence electrons. The maximum absolute atomic E-state index is 11.9. The first-order chi connectivity index (χ1) is 10.2. The van der Waals surface area contributed by atoms with Gasteiger partial charge in [-0.05, 0) is 42.8 Å². The van der Waals surface area contributed by atoms with Crippen molar-refractivity contribution in [2.75, 3.05) is 17.7 Å². The summed E-state index contributed by atoms with van der Waals surface area (Å²) in [4.78, 5) is 11.9. The Bertz CT molecular complexity index is 633. The third-order valence-corrected chi connectivity index (χ3v) is 2.78. The fourth-order valence-electron chi connectivity index (χ4n) is 1.79. The van der Waals surface area contributed by atoms with E-state index in [9.17, 15) is 4.79 Å². The van der Waals surface area contributed by atoms with Crippen LogP contribution >= 0.6 is 0 Å². The Morgan fingerprint density at radius 2 is 2.00 bits per heavy atom. The molecule has 0 atom stereocenters. The minimum atomic E-state index is -0.194. The molecule has 0 aliphatic rings. The number of nitrogens with one attached hydrogen (secondary N) is 1. The van der Waals surface area contributed by atoms with Crippen LogP contribution in [0.15, 0.2) is 54.6 Å². The van der Waals surface area contributed by atoms with Crippen molar-refractivity contribution in [1.29, 1.82) is 0 Å². The van der Waals surface area contributed by atoms with Gasteiger partial charge in [0.25, 0.3) is 0 Å². The van der Waals surface area contributed by atoms with Gasteiger partial charge in [0.15, 0.2) is 0 Å². The molecule has 0 aliphatic heterocycles. The van der Waals surface area contributed by atoms with E-state index in [4.69, 9.17) is 10.5 Å². The second-order valence-electron chi connectivity index (χ2n) is 4.45. The van der Waals surface area contributed by atoms with Crippen LogP contribution in [0.1, 0.15) is 12.5 Å². The highest BCUT2D eigenvalue weighted by molar-refractivity contribution is 6.02. The van der Waals surface area contributed by atoms with Crippen molar-refractivity contribution in [2.45, 2.75) is 6.92 Å². The van der Waals surface area contributed by atoms with Gasteiger partial charge in [-0.3, -0.25) is 4.79 Å². The van der Waals surface area contributed by atoms with Crippen molar-refractivity contribution in [1.82, 2.24) is 0 Å². The van der Waals surface area contributed by atoms with E-state index >= 15 is 0 Å². The number of nitrogen functional groups attached to an aromatic ring is 1. The van der Waals surface area contributed by atoms with Crippen molar-refractivity contribution in [2.24, 2.45) is 0 Å². The highest BCUT2D eigenvalue weighted by atomic mass is 16.5. The number of amides is 1. The fraction of sp³-hybridized carbons (Fsp3) is 0.118. The van der Waals surface area contributed by atoms with Crippen molar-refractivity contribution in [3.8, 4) is 5.75 Å². The number of carbonyl (C=O) groups is 1. The average Bonchev–Trinajstić information content (AvgIpc) is 2.47. The van der Waals surface area contributed by atoms with Crippen LogP contribution in [-0.2, 0) is 4.79 Å². The molecule has 2 aromatic carbocycles. The summed E-state index contributed by atoms with van der Waals surface area (Å²) >= 11 is 0. The molecular formula is C17H18N2O2. The van der Waals surface area contributed by atoms with Gasteiger partial charge in [-0.15, -0.1) is 0 Å². The van der Waals surface area contributed by atoms with Gasteiger partial charge in [0.1, 0.15) is 5.75 Å². The molecule has 0 heterocycles. The van der Waals surface area contributed by atoms with Crippen LogP contribution in [0, 0.1) is 0 Å². The zero-order chi connectivity index (χ0) is 15.1. The average molecular weight is 282 g/mol. The van der Waals surface area contributed by atoms with E-state index in [-0.39, 0.29) is 5.91 Å². The van der Waals surface area contributed by atoms with Gasteiger partial charge in [0, 0.05) is 23.5 Å². The van der Waals surface area contributed by atoms with Crippen molar-refractivity contribution in [3.63, 3.8) is 0 Å². The molecule has 0 saturated carbocycles. The van der Waals surface area contributed by atoms with Crippen molar-refractivity contribution < 1.29 is 9.53 Å². The molecular weight excluding hydrogens is 264 g/mol. The van der Waals surface area contributed by atoms with Crippen LogP contribution in [0.2, 0.25) is 0 Å². The van der Waals surface area contributed by atoms with Gasteiger partial charge < -0.3 is 15.8 Å². The Balaban J connectivity index is 1.98. The molecule has 0 aromatic heterocycles. The molecule has 3 N–H and O–H groups in total. The first-order valence-electron chi connectivity index (χ1n) is 6.75. The van der Waals surface area contributed by atoms with Crippen LogP contribution in [0.5, 0.6) is 5.75 Å². The van der Waals surface area contributed by atoms with E-state index < -0.39 is 0 Å². The Morgan fingerprint density at radius 1 is 1.24 bits per heavy atom. The van der Waals surface area contributed by atoms with Crippen LogP contribution < -0.4 is 15.8 Å². The summed E-state index contributed by atoms with van der Waals surface area (Å²) in [6, 6.07) is 14.6. The lowest BCUT2D eigenvalue weighted by Gasteiger charge is -2.06. The fourth-order valence-corrected chi connectivity index (χ4v) is 1.79. The van der Waals surface area contributed by atoms with E-state index in [1.165, 1.54) is 6.08 Å². The molecule has 0 fully saturated rings. The maximum Gasteiger partial charge on any atom is 0.248 e. The summed E-state index contributed by atoms with van der Waals surface area (Å²) in [5.41, 5.74) is 7.93. The Hall–Kier alpha value is -2.75. The summed E-state index contributed by atoms with van der Waals surface area (Å²) in [6.07, 6.45) is 3.22. The topological polar surface area (TPSA) is 64.3 Å². The number of anilines is 2. The summed E-state index contributed by atoms with van der Waals surface area (Å²) in [7, 11) is 0. The summed E-state index contributed by atoms with van der Waals surface area (Å²) in [5, 5.41) is 2.79. The first kappa shape index (κ1) is 14.7. The minimum absolute atomic E-state index is 0.194. The normalized spacial score (nSPS) is 10.5. The standard InChI is InChI=1S/C17H18N2O2/c1-2-21-16-5-3-4-15(12-16)19-17(20)11-8-13-6-9-14(18)10-7-13/h3-12H,2,18H2,1H3,(H,19,20)/b11-8+. The Kier molecular flexibility index (Phi) is 4.99. The van der Waals surface area contributed by atoms with Crippen LogP contribution in [0.25, 0.3) is 6.08 Å². The molecule has 0 unspecified atom stereocenters. The predicted molar refractivity (Wildman–Crippen MR) is 86.1 cm³/mol. The molecule has 0 radical (unpaired) electrons. The third kappa shape index (κ3) is 4.69. The van der Waals surface area contributed by atoms with Crippen LogP contribution in [0.3, 0.4) is 0 Å². The van der Waals surface area contributed by atoms with Gasteiger partial charge in [0.05, 0.1) is 6.61 Å². The smallest absolute Gasteiger partial charge is 0.248 e. The van der Waals surface area contributed by atoms with Gasteiger partial charge in [-0.25, -0.2) is 0 Å². The molecule has 0 saturated heterocycles. The quantitative estimate of drug-likeness (QED) is 0.653. The largest absolute Gasteiger partial charge is 0.494 e. The number of carbonyl (C=O) groups excluding carboxylic acids is 1. The second-order valence-corrected chi connectivity index (χ2v) is 4.45. The van der Waals surface area contributed by atoms with E-state index in [0.29, 0.717) is 18.0 Å². The molecule has 2 rings (SSSR count). The lowest BCUT2D eigenvalue weighted by molar-refractivity contribution is -0.111. The summed E-state index contributed by atoms with van der Waals surface area (Å²) < 4.78 is 5.39. The number of benzene rings is 2. The number of ether oxygens (including phenoxy) is 1. The number of hydrogen-bond donors (Lipinski definition) is 2. The molecule has 4 heteroatoms. The van der Waals surface area contributed by atoms with Gasteiger partial charge in [-0.2, -0.15) is 0 Å². The maximum atomic E-state index is 11.9. The predicted octanol–water partition coefficient (Wildman–Crippen LogP) is 3.32. The minimum Gasteiger partial charge on any atom is -0.494 e. The van der Waals surface area contributed by atoms with Gasteiger partial charge >= 0.3 is 0 Å². The first-order valence-corrected chi connectivity index (χ1v) is 6.75. The number of hydrogen-bond acceptors (Lipinski definition) is 3. The Morgan fingerprint density at radius 3 is 2.71 bits per heavy atom. The van der Waals surface area contributed by atoms with Gasteiger partial charge in [0.2, 0.25) is 5.91 Å². The van der Waals surface area contributed by atoms with Crippen LogP contribution in [0.4, 0.5) is 11.4 Å². The van der Waals surface area contributed by atoms with E-state index in [1.54, 1.807) is 24.3 Å². The molecule has 1 amide bonds. The SMILES string of the molecule is CCOc1cccc(NC(=O)/C=C/c2ccc(N)cc2)c1. The molecule has 0 bridgehead atoms. The number of rotatable bonds is 5. The van der Waals surface area contributed by atoms with Gasteiger partial charge in [-0.1, -0.05) is 18.2 Å². The highest BCUT2D eigenvalue weighted by Gasteiger charge is 2.00. The van der Waals surface area contributed by atoms with Crippen LogP contribution in [-0.4, -0.2) is 12.5 Å². The summed E-state index contributed by atoms with van der Waals surface area (Å²) in [5.74, 6) is 0.540. The molecule has 2 aromatic rings. The Labute approximate surface area is 124 Å². The molecule has 0 spiro atoms. The molecule has 21 heavy (non-hydrogen) atoms. The number of nitrogens with two attached hydrogens (primary N) is 1. The lowest BCUT2D eigenvalue weighted by Crippen LogP contribution is -2.07. The summed E-state index contributed by atoms with van der Waals surface area (Å²) in [6.45, 7) is 2.51. The monoisotopic (exact) mass is 282 g/mol. The molecule has 0 aliphatic carbocycles. The zero-order valence-electron chi connectivity index (χ0n) is 11.9. The third-order valence-electron chi connectivity index (χ3n) is 2.78. The zero-order valence-corrected chi connectivity index (χ0v) is 11.9. The van der Waals surface area contributed by atoms with E-state index in [2.05, 4.69) is 5.32 Å². The van der Waals surface area contributed by atoms with Crippen molar-refractivity contribution >= 4 is 23.4 Å². The second kappa shape index (κ2) is 7.14. The van der Waals surface area contributed by atoms with E-state index in [0.717, 1.165) is 11.3 Å².